The number of nitrogens with zero attached hydrogens (tertiary/aromatic N) is 2. The normalized spacial score (nSPS) is 13.8. The number of fused-ring (bicyclic) bond motifs is 1. The summed E-state index contributed by atoms with van der Waals surface area (Å²) in [7, 11) is 0. The van der Waals surface area contributed by atoms with Crippen LogP contribution in [-0.4, -0.2) is 22.3 Å². The van der Waals surface area contributed by atoms with Gasteiger partial charge in [-0.05, 0) is 53.4 Å². The molecular formula is C22H20ClN3O. The van der Waals surface area contributed by atoms with Crippen LogP contribution >= 0.6 is 11.6 Å². The Kier molecular flexibility index (Phi) is 5.19. The maximum absolute atomic E-state index is 12.5. The molecule has 0 unspecified atom stereocenters. The number of pyridine rings is 1. The summed E-state index contributed by atoms with van der Waals surface area (Å²) in [4.78, 5) is 19.1. The second-order valence-electron chi connectivity index (χ2n) is 6.74. The van der Waals surface area contributed by atoms with Gasteiger partial charge >= 0.3 is 0 Å². The molecule has 136 valence electrons. The van der Waals surface area contributed by atoms with Crippen LogP contribution < -0.4 is 5.32 Å². The van der Waals surface area contributed by atoms with Crippen LogP contribution in [0.15, 0.2) is 67.0 Å². The molecule has 0 spiro atoms. The van der Waals surface area contributed by atoms with Crippen molar-refractivity contribution < 1.29 is 4.79 Å². The lowest BCUT2D eigenvalue weighted by Crippen LogP contribution is -2.30. The van der Waals surface area contributed by atoms with Gasteiger partial charge in [0.25, 0.3) is 5.91 Å². The molecule has 0 saturated carbocycles. The maximum Gasteiger partial charge on any atom is 0.257 e. The van der Waals surface area contributed by atoms with E-state index in [1.54, 1.807) is 18.3 Å². The van der Waals surface area contributed by atoms with Gasteiger partial charge in [0.1, 0.15) is 0 Å². The second-order valence-corrected chi connectivity index (χ2v) is 7.15. The summed E-state index contributed by atoms with van der Waals surface area (Å²) in [5, 5.41) is 3.42. The molecule has 4 nitrogen and oxygen atoms in total. The molecule has 0 bridgehead atoms. The highest BCUT2D eigenvalue weighted by Gasteiger charge is 2.18. The third-order valence-electron chi connectivity index (χ3n) is 4.80. The molecule has 27 heavy (non-hydrogen) atoms. The Morgan fingerprint density at radius 1 is 1.11 bits per heavy atom. The van der Waals surface area contributed by atoms with Gasteiger partial charge in [-0.25, -0.2) is 0 Å². The van der Waals surface area contributed by atoms with E-state index in [9.17, 15) is 4.79 Å². The zero-order chi connectivity index (χ0) is 18.6. The van der Waals surface area contributed by atoms with Gasteiger partial charge in [-0.2, -0.15) is 0 Å². The Labute approximate surface area is 163 Å². The third kappa shape index (κ3) is 4.18. The molecule has 0 radical (unpaired) electrons. The van der Waals surface area contributed by atoms with Gasteiger partial charge in [0.15, 0.2) is 0 Å². The van der Waals surface area contributed by atoms with E-state index in [2.05, 4.69) is 33.4 Å². The van der Waals surface area contributed by atoms with Crippen LogP contribution in [0.5, 0.6) is 0 Å². The number of carbonyl (C=O) groups excluding carboxylic acids is 1. The lowest BCUT2D eigenvalue weighted by Gasteiger charge is -2.29. The summed E-state index contributed by atoms with van der Waals surface area (Å²) >= 11 is 6.12. The number of benzene rings is 2. The van der Waals surface area contributed by atoms with Gasteiger partial charge in [-0.15, -0.1) is 0 Å². The Bertz CT molecular complexity index is 959. The molecule has 1 N–H and O–H groups in total. The van der Waals surface area contributed by atoms with Crippen LogP contribution in [0.25, 0.3) is 0 Å². The quantitative estimate of drug-likeness (QED) is 0.725. The van der Waals surface area contributed by atoms with Crippen molar-refractivity contribution in [1.82, 2.24) is 9.88 Å². The zero-order valence-corrected chi connectivity index (χ0v) is 15.6. The van der Waals surface area contributed by atoms with Crippen molar-refractivity contribution in [3.63, 3.8) is 0 Å². The Morgan fingerprint density at radius 2 is 2.00 bits per heavy atom. The number of amides is 1. The Morgan fingerprint density at radius 3 is 2.81 bits per heavy atom. The van der Waals surface area contributed by atoms with Gasteiger partial charge in [0.2, 0.25) is 0 Å². The molecular weight excluding hydrogens is 358 g/mol. The van der Waals surface area contributed by atoms with E-state index in [1.807, 2.05) is 30.5 Å². The molecule has 2 aromatic carbocycles. The third-order valence-corrected chi connectivity index (χ3v) is 5.13. The molecule has 4 rings (SSSR count). The summed E-state index contributed by atoms with van der Waals surface area (Å²) in [5.74, 6) is -0.191. The van der Waals surface area contributed by atoms with E-state index in [-0.39, 0.29) is 5.91 Å². The molecule has 3 aromatic rings. The summed E-state index contributed by atoms with van der Waals surface area (Å²) in [6.07, 6.45) is 4.72. The first kappa shape index (κ1) is 17.7. The number of hydrogen-bond donors (Lipinski definition) is 1. The lowest BCUT2D eigenvalue weighted by molar-refractivity contribution is 0.102. The average Bonchev–Trinajstić information content (AvgIpc) is 2.69. The highest BCUT2D eigenvalue weighted by atomic mass is 35.5. The number of anilines is 1. The smallest absolute Gasteiger partial charge is 0.257 e. The first-order valence-electron chi connectivity index (χ1n) is 8.98. The molecule has 0 fully saturated rings. The highest BCUT2D eigenvalue weighted by Crippen LogP contribution is 2.25. The summed E-state index contributed by atoms with van der Waals surface area (Å²) < 4.78 is 0. The predicted molar refractivity (Wildman–Crippen MR) is 108 cm³/mol. The van der Waals surface area contributed by atoms with E-state index in [4.69, 9.17) is 11.6 Å². The topological polar surface area (TPSA) is 45.2 Å². The molecule has 0 atom stereocenters. The summed E-state index contributed by atoms with van der Waals surface area (Å²) in [6.45, 7) is 2.76. The van der Waals surface area contributed by atoms with Crippen molar-refractivity contribution in [2.45, 2.75) is 19.5 Å². The number of rotatable bonds is 4. The van der Waals surface area contributed by atoms with E-state index in [0.717, 1.165) is 31.7 Å². The van der Waals surface area contributed by atoms with Gasteiger partial charge in [-0.3, -0.25) is 14.7 Å². The minimum Gasteiger partial charge on any atom is -0.322 e. The van der Waals surface area contributed by atoms with Crippen LogP contribution in [0.4, 0.5) is 5.69 Å². The maximum atomic E-state index is 12.5. The molecule has 5 heteroatoms. The molecule has 2 heterocycles. The fourth-order valence-corrected chi connectivity index (χ4v) is 3.64. The van der Waals surface area contributed by atoms with E-state index in [0.29, 0.717) is 10.6 Å². The minimum atomic E-state index is -0.191. The van der Waals surface area contributed by atoms with Gasteiger partial charge < -0.3 is 5.32 Å². The van der Waals surface area contributed by atoms with E-state index >= 15 is 0 Å². The van der Waals surface area contributed by atoms with Crippen molar-refractivity contribution in [3.05, 3.63) is 94.3 Å². The molecule has 1 aliphatic rings. The molecule has 1 aromatic heterocycles. The molecule has 0 saturated heterocycles. The van der Waals surface area contributed by atoms with Gasteiger partial charge in [0, 0.05) is 37.7 Å². The Hall–Kier alpha value is -2.69. The standard InChI is InChI=1S/C22H20ClN3O/c23-21-6-2-1-5-20(21)22(27)25-19-8-7-17-9-11-26(15-18(17)12-19)14-16-4-3-10-24-13-16/h1-8,10,12-13H,9,11,14-15H2,(H,25,27). The zero-order valence-electron chi connectivity index (χ0n) is 14.9. The van der Waals surface area contributed by atoms with Crippen LogP contribution in [0.3, 0.4) is 0 Å². The van der Waals surface area contributed by atoms with Crippen molar-refractivity contribution in [2.24, 2.45) is 0 Å². The predicted octanol–water partition coefficient (Wildman–Crippen LogP) is 4.55. The number of hydrogen-bond acceptors (Lipinski definition) is 3. The van der Waals surface area contributed by atoms with Crippen LogP contribution in [-0.2, 0) is 19.5 Å². The summed E-state index contributed by atoms with van der Waals surface area (Å²) in [5.41, 5.74) is 5.08. The van der Waals surface area contributed by atoms with Crippen molar-refractivity contribution >= 4 is 23.2 Å². The minimum absolute atomic E-state index is 0.191. The number of aromatic nitrogens is 1. The first-order chi connectivity index (χ1) is 13.2. The largest absolute Gasteiger partial charge is 0.322 e. The lowest BCUT2D eigenvalue weighted by atomic mass is 9.98. The van der Waals surface area contributed by atoms with E-state index in [1.165, 1.54) is 16.7 Å². The summed E-state index contributed by atoms with van der Waals surface area (Å²) in [6, 6.07) is 17.3. The van der Waals surface area contributed by atoms with Gasteiger partial charge in [-0.1, -0.05) is 35.9 Å². The number of nitrogens with one attached hydrogen (secondary N) is 1. The van der Waals surface area contributed by atoms with Crippen LogP contribution in [0, 0.1) is 0 Å². The molecule has 1 amide bonds. The van der Waals surface area contributed by atoms with Crippen LogP contribution in [0.2, 0.25) is 5.02 Å². The number of halogens is 1. The molecule has 1 aliphatic heterocycles. The van der Waals surface area contributed by atoms with Crippen molar-refractivity contribution in [3.8, 4) is 0 Å². The Balaban J connectivity index is 1.48. The highest BCUT2D eigenvalue weighted by molar-refractivity contribution is 6.34. The van der Waals surface area contributed by atoms with Crippen molar-refractivity contribution in [2.75, 3.05) is 11.9 Å². The van der Waals surface area contributed by atoms with Gasteiger partial charge in [0.05, 0.1) is 10.6 Å². The average molecular weight is 378 g/mol. The van der Waals surface area contributed by atoms with E-state index < -0.39 is 0 Å². The van der Waals surface area contributed by atoms with Crippen LogP contribution in [0.1, 0.15) is 27.0 Å². The van der Waals surface area contributed by atoms with Crippen molar-refractivity contribution in [1.29, 1.82) is 0 Å². The first-order valence-corrected chi connectivity index (χ1v) is 9.36. The molecule has 0 aliphatic carbocycles. The fourth-order valence-electron chi connectivity index (χ4n) is 3.42. The fraction of sp³-hybridized carbons (Fsp3) is 0.182. The second kappa shape index (κ2) is 7.91. The SMILES string of the molecule is O=C(Nc1ccc2c(c1)CN(Cc1cccnc1)CC2)c1ccccc1Cl. The monoisotopic (exact) mass is 377 g/mol. The number of carbonyl (C=O) groups is 1.